The quantitative estimate of drug-likeness (QED) is 0.644. The van der Waals surface area contributed by atoms with E-state index >= 15 is 0 Å². The van der Waals surface area contributed by atoms with Gasteiger partial charge < -0.3 is 10.1 Å². The highest BCUT2D eigenvalue weighted by atomic mass is 79.9. The van der Waals surface area contributed by atoms with Gasteiger partial charge in [-0.2, -0.15) is 4.68 Å². The number of aromatic nitrogens is 2. The number of anilines is 1. The first-order chi connectivity index (χ1) is 13.3. The summed E-state index contributed by atoms with van der Waals surface area (Å²) in [5.41, 5.74) is -0.105. The minimum atomic E-state index is -1.02. The van der Waals surface area contributed by atoms with Crippen LogP contribution in [0.15, 0.2) is 63.9 Å². The van der Waals surface area contributed by atoms with Gasteiger partial charge in [-0.1, -0.05) is 15.9 Å². The molecule has 0 spiro atoms. The maximum absolute atomic E-state index is 13.9. The largest absolute Gasteiger partial charge is 0.463 e. The van der Waals surface area contributed by atoms with Crippen LogP contribution in [0.1, 0.15) is 6.92 Å². The lowest BCUT2D eigenvalue weighted by molar-refractivity contribution is -0.122. The van der Waals surface area contributed by atoms with E-state index in [0.717, 1.165) is 4.68 Å². The molecule has 1 N–H and O–H groups in total. The van der Waals surface area contributed by atoms with Gasteiger partial charge in [0.25, 0.3) is 11.5 Å². The Morgan fingerprint density at radius 3 is 2.54 bits per heavy atom. The van der Waals surface area contributed by atoms with Gasteiger partial charge in [0.15, 0.2) is 6.10 Å². The molecule has 0 radical (unpaired) electrons. The predicted octanol–water partition coefficient (Wildman–Crippen LogP) is 3.68. The number of halogens is 3. The molecule has 0 unspecified atom stereocenters. The Morgan fingerprint density at radius 2 is 1.86 bits per heavy atom. The molecule has 1 heterocycles. The van der Waals surface area contributed by atoms with Crippen molar-refractivity contribution in [2.24, 2.45) is 0 Å². The second-order valence-corrected chi connectivity index (χ2v) is 6.69. The van der Waals surface area contributed by atoms with Gasteiger partial charge in [0.05, 0.1) is 11.4 Å². The van der Waals surface area contributed by atoms with Crippen LogP contribution in [-0.2, 0) is 4.79 Å². The molecule has 1 atom stereocenters. The van der Waals surface area contributed by atoms with Crippen molar-refractivity contribution in [2.75, 3.05) is 5.32 Å². The minimum Gasteiger partial charge on any atom is -0.463 e. The van der Waals surface area contributed by atoms with E-state index in [9.17, 15) is 18.4 Å². The van der Waals surface area contributed by atoms with Gasteiger partial charge in [-0.05, 0) is 49.4 Å². The molecule has 1 aromatic heterocycles. The topological polar surface area (TPSA) is 73.2 Å². The minimum absolute atomic E-state index is 0.00264. The Bertz CT molecular complexity index is 1070. The fourth-order valence-electron chi connectivity index (χ4n) is 2.28. The van der Waals surface area contributed by atoms with Crippen molar-refractivity contribution in [3.8, 4) is 11.6 Å². The molecule has 1 amide bonds. The van der Waals surface area contributed by atoms with Crippen LogP contribution in [0.25, 0.3) is 5.69 Å². The third-order valence-corrected chi connectivity index (χ3v) is 4.20. The highest BCUT2D eigenvalue weighted by Gasteiger charge is 2.18. The van der Waals surface area contributed by atoms with Gasteiger partial charge >= 0.3 is 0 Å². The van der Waals surface area contributed by atoms with E-state index in [-0.39, 0.29) is 11.6 Å². The zero-order chi connectivity index (χ0) is 20.3. The molecule has 9 heteroatoms. The molecule has 0 aliphatic carbocycles. The lowest BCUT2D eigenvalue weighted by atomic mass is 10.3. The first-order valence-corrected chi connectivity index (χ1v) is 8.91. The summed E-state index contributed by atoms with van der Waals surface area (Å²) < 4.78 is 33.9. The fourth-order valence-corrected chi connectivity index (χ4v) is 2.62. The predicted molar refractivity (Wildman–Crippen MR) is 103 cm³/mol. The maximum Gasteiger partial charge on any atom is 0.271 e. The number of hydrogen-bond donors (Lipinski definition) is 1. The molecule has 0 bridgehead atoms. The van der Waals surface area contributed by atoms with Crippen LogP contribution in [0, 0.1) is 11.6 Å². The van der Waals surface area contributed by atoms with E-state index in [1.807, 2.05) is 0 Å². The van der Waals surface area contributed by atoms with Gasteiger partial charge in [-0.3, -0.25) is 9.59 Å². The standard InChI is InChI=1S/C19H14BrF2N3O3/c1-11(19(27)23-16-7-2-12(20)10-15(16)22)28-17-8-9-18(26)25(24-17)14-5-3-13(21)4-6-14/h2-11H,1H3,(H,23,27)/t11-/m0/s1. The molecule has 2 aromatic carbocycles. The van der Waals surface area contributed by atoms with Crippen molar-refractivity contribution in [3.63, 3.8) is 0 Å². The molecular weight excluding hydrogens is 436 g/mol. The summed E-state index contributed by atoms with van der Waals surface area (Å²) in [6.07, 6.45) is -1.02. The lowest BCUT2D eigenvalue weighted by Gasteiger charge is -2.15. The SMILES string of the molecule is C[C@H](Oc1ccc(=O)n(-c2ccc(F)cc2)n1)C(=O)Nc1ccc(Br)cc1F. The third-order valence-electron chi connectivity index (χ3n) is 3.70. The van der Waals surface area contributed by atoms with Crippen LogP contribution in [0.4, 0.5) is 14.5 Å². The number of carbonyl (C=O) groups excluding carboxylic acids is 1. The van der Waals surface area contributed by atoms with Crippen LogP contribution in [0.5, 0.6) is 5.88 Å². The van der Waals surface area contributed by atoms with Crippen molar-refractivity contribution < 1.29 is 18.3 Å². The van der Waals surface area contributed by atoms with Crippen molar-refractivity contribution >= 4 is 27.5 Å². The van der Waals surface area contributed by atoms with E-state index in [1.54, 1.807) is 6.07 Å². The molecule has 0 aliphatic heterocycles. The molecule has 28 heavy (non-hydrogen) atoms. The second-order valence-electron chi connectivity index (χ2n) is 5.77. The highest BCUT2D eigenvalue weighted by Crippen LogP contribution is 2.20. The van der Waals surface area contributed by atoms with E-state index in [1.165, 1.54) is 55.5 Å². The Hall–Kier alpha value is -3.07. The summed E-state index contributed by atoms with van der Waals surface area (Å²) in [7, 11) is 0. The number of amides is 1. The number of benzene rings is 2. The molecule has 3 aromatic rings. The average Bonchev–Trinajstić information content (AvgIpc) is 2.66. The highest BCUT2D eigenvalue weighted by molar-refractivity contribution is 9.10. The smallest absolute Gasteiger partial charge is 0.271 e. The summed E-state index contributed by atoms with van der Waals surface area (Å²) in [5, 5.41) is 6.45. The number of nitrogens with one attached hydrogen (secondary N) is 1. The van der Waals surface area contributed by atoms with Crippen LogP contribution >= 0.6 is 15.9 Å². The van der Waals surface area contributed by atoms with Gasteiger partial charge in [0.1, 0.15) is 11.6 Å². The number of ether oxygens (including phenoxy) is 1. The number of nitrogens with zero attached hydrogens (tertiary/aromatic N) is 2. The average molecular weight is 450 g/mol. The molecule has 6 nitrogen and oxygen atoms in total. The van der Waals surface area contributed by atoms with Crippen molar-refractivity contribution in [1.29, 1.82) is 0 Å². The lowest BCUT2D eigenvalue weighted by Crippen LogP contribution is -2.31. The number of rotatable bonds is 5. The van der Waals surface area contributed by atoms with Crippen molar-refractivity contribution in [3.05, 3.63) is 81.1 Å². The van der Waals surface area contributed by atoms with E-state index in [2.05, 4.69) is 26.3 Å². The van der Waals surface area contributed by atoms with Crippen LogP contribution in [-0.4, -0.2) is 21.8 Å². The molecule has 3 rings (SSSR count). The zero-order valence-corrected chi connectivity index (χ0v) is 16.1. The van der Waals surface area contributed by atoms with E-state index in [0.29, 0.717) is 10.2 Å². The van der Waals surface area contributed by atoms with Gasteiger partial charge in [-0.15, -0.1) is 5.10 Å². The zero-order valence-electron chi connectivity index (χ0n) is 14.5. The maximum atomic E-state index is 13.9. The second kappa shape index (κ2) is 8.30. The van der Waals surface area contributed by atoms with Crippen LogP contribution in [0.3, 0.4) is 0 Å². The number of carbonyl (C=O) groups is 1. The van der Waals surface area contributed by atoms with Gasteiger partial charge in [0, 0.05) is 16.6 Å². The Balaban J connectivity index is 1.75. The van der Waals surface area contributed by atoms with Gasteiger partial charge in [0.2, 0.25) is 5.88 Å². The van der Waals surface area contributed by atoms with E-state index in [4.69, 9.17) is 4.74 Å². The molecule has 144 valence electrons. The summed E-state index contributed by atoms with van der Waals surface area (Å²) in [4.78, 5) is 24.3. The molecule has 0 fully saturated rings. The third kappa shape index (κ3) is 4.61. The molecular formula is C19H14BrF2N3O3. The molecule has 0 saturated carbocycles. The Morgan fingerprint density at radius 1 is 1.14 bits per heavy atom. The van der Waals surface area contributed by atoms with Crippen molar-refractivity contribution in [1.82, 2.24) is 9.78 Å². The first-order valence-electron chi connectivity index (χ1n) is 8.12. The van der Waals surface area contributed by atoms with Gasteiger partial charge in [-0.25, -0.2) is 8.78 Å². The van der Waals surface area contributed by atoms with Crippen LogP contribution in [0.2, 0.25) is 0 Å². The van der Waals surface area contributed by atoms with E-state index < -0.39 is 29.2 Å². The summed E-state index contributed by atoms with van der Waals surface area (Å²) in [5.74, 6) is -1.64. The number of hydrogen-bond acceptors (Lipinski definition) is 4. The summed E-state index contributed by atoms with van der Waals surface area (Å²) >= 11 is 3.14. The van der Waals surface area contributed by atoms with Crippen LogP contribution < -0.4 is 15.6 Å². The molecule has 0 aliphatic rings. The molecule has 0 saturated heterocycles. The Kier molecular flexibility index (Phi) is 5.84. The summed E-state index contributed by atoms with van der Waals surface area (Å²) in [6, 6.07) is 11.9. The first kappa shape index (κ1) is 19.7. The fraction of sp³-hybridized carbons (Fsp3) is 0.105. The summed E-state index contributed by atoms with van der Waals surface area (Å²) in [6.45, 7) is 1.46. The Labute approximate surface area is 166 Å². The monoisotopic (exact) mass is 449 g/mol. The normalized spacial score (nSPS) is 11.7. The van der Waals surface area contributed by atoms with Crippen molar-refractivity contribution in [2.45, 2.75) is 13.0 Å².